The molecule has 0 aliphatic heterocycles. The Morgan fingerprint density at radius 2 is 0.561 bits per heavy atom. The molecule has 0 fully saturated rings. The Kier molecular flexibility index (Phi) is 17.7. The molecule has 0 saturated carbocycles. The van der Waals surface area contributed by atoms with Crippen LogP contribution < -0.4 is 28.8 Å². The minimum absolute atomic E-state index is 0.245. The number of halogens is 3. The maximum atomic E-state index is 13.9. The van der Waals surface area contributed by atoms with Gasteiger partial charge < -0.3 is 13.6 Å². The van der Waals surface area contributed by atoms with Crippen LogP contribution in [0.3, 0.4) is 0 Å². The first-order chi connectivity index (χ1) is 47.3. The largest absolute Gasteiger partial charge is 0.490 e. The van der Waals surface area contributed by atoms with E-state index in [2.05, 4.69) is 176 Å². The fraction of sp³-hybridized carbons (Fsp3) is 0.0800. The third-order valence-corrected chi connectivity index (χ3v) is 27.0. The van der Waals surface area contributed by atoms with Crippen molar-refractivity contribution in [3.05, 3.63) is 270 Å². The van der Waals surface area contributed by atoms with Gasteiger partial charge in [0.15, 0.2) is 0 Å². The van der Waals surface area contributed by atoms with Crippen molar-refractivity contribution in [2.75, 3.05) is 21.1 Å². The molecule has 3 N–H and O–H groups in total. The highest BCUT2D eigenvalue weighted by molar-refractivity contribution is 8.08. The molecule has 0 radical (unpaired) electrons. The maximum Gasteiger partial charge on any atom is 0.490 e. The van der Waals surface area contributed by atoms with E-state index in [0.29, 0.717) is 33.9 Å². The molecule has 23 heteroatoms. The summed E-state index contributed by atoms with van der Waals surface area (Å²) in [6, 6.07) is 77.3. The number of hydrogen-bond acceptors (Lipinski definition) is 10. The summed E-state index contributed by atoms with van der Waals surface area (Å²) >= 11 is 26.3. The van der Waals surface area contributed by atoms with Gasteiger partial charge in [0.05, 0.1) is 18.6 Å². The van der Waals surface area contributed by atoms with Crippen LogP contribution in [0.25, 0.3) is 97.0 Å². The molecule has 3 unspecified atom stereocenters. The molecular formula is C75H60Cl3N9O6P4S. The van der Waals surface area contributed by atoms with Crippen LogP contribution in [0, 0.1) is 0 Å². The Bertz CT molecular complexity index is 5250. The molecule has 3 atom stereocenters. The molecule has 0 aliphatic rings. The molecule has 0 aromatic heterocycles. The lowest BCUT2D eigenvalue weighted by molar-refractivity contribution is 0.384. The SMILES string of the molecule is CN(/N=C/c1ccc(OP(=S)(Oc2ccc(/C=N/N(C)P(=O)(Cl)NCc3ccc4ccc5cccc6ccc3c4c56)cc2)Oc2ccc(/C=N/N(C)P(=O)(Cl)NCc3ccc4ccc5cccc6ccc3c4c56)cc2)cc1)P(=O)(Cl)NCc1ccc2ccc3cccc4ccc1c2c34. The molecule has 0 bridgehead atoms. The first kappa shape index (κ1) is 65.3. The zero-order valence-electron chi connectivity index (χ0n) is 52.8. The molecule has 0 spiro atoms. The molecule has 15 nitrogen and oxygen atoms in total. The number of hydrogen-bond donors (Lipinski definition) is 3. The van der Waals surface area contributed by atoms with Crippen LogP contribution in [0.2, 0.25) is 0 Å². The second kappa shape index (κ2) is 26.5. The summed E-state index contributed by atoms with van der Waals surface area (Å²) in [5, 5.41) is 43.2. The Labute approximate surface area is 584 Å². The molecule has 0 heterocycles. The predicted molar refractivity (Wildman–Crippen MR) is 413 cm³/mol. The van der Waals surface area contributed by atoms with E-state index in [-0.39, 0.29) is 19.6 Å². The first-order valence-corrected chi connectivity index (χ1v) is 41.5. The zero-order chi connectivity index (χ0) is 67.5. The Balaban J connectivity index is 0.620. The van der Waals surface area contributed by atoms with Crippen molar-refractivity contribution in [2.45, 2.75) is 19.6 Å². The topological polar surface area (TPSA) is 162 Å². The highest BCUT2D eigenvalue weighted by Gasteiger charge is 2.30. The monoisotopic (exact) mass is 1440 g/mol. The highest BCUT2D eigenvalue weighted by atomic mass is 35.7. The normalized spacial score (nSPS) is 14.8. The summed E-state index contributed by atoms with van der Waals surface area (Å²) in [5.41, 5.74) is 4.80. The van der Waals surface area contributed by atoms with Gasteiger partial charge in [-0.15, -0.1) is 0 Å². The fourth-order valence-electron chi connectivity index (χ4n) is 12.6. The summed E-state index contributed by atoms with van der Waals surface area (Å²) < 4.78 is 65.0. The van der Waals surface area contributed by atoms with Crippen LogP contribution in [0.15, 0.2) is 252 Å². The van der Waals surface area contributed by atoms with Crippen molar-refractivity contribution < 1.29 is 27.3 Å². The van der Waals surface area contributed by atoms with Crippen LogP contribution in [-0.2, 0) is 45.1 Å². The van der Waals surface area contributed by atoms with Crippen molar-refractivity contribution >= 4 is 188 Å². The summed E-state index contributed by atoms with van der Waals surface area (Å²) in [7, 11) is 4.66. The van der Waals surface area contributed by atoms with E-state index in [0.717, 1.165) is 97.5 Å². The molecule has 0 saturated heterocycles. The molecule has 0 aliphatic carbocycles. The smallest absolute Gasteiger partial charge is 0.407 e. The quantitative estimate of drug-likeness (QED) is 0.0227. The number of rotatable bonds is 24. The Morgan fingerprint density at radius 1 is 0.337 bits per heavy atom. The average Bonchev–Trinajstić information content (AvgIpc) is 0.751. The Hall–Kier alpha value is -8.68. The lowest BCUT2D eigenvalue weighted by Crippen LogP contribution is -2.18. The molecule has 15 aromatic carbocycles. The molecule has 98 heavy (non-hydrogen) atoms. The number of nitrogens with one attached hydrogen (secondary N) is 3. The third-order valence-electron chi connectivity index (χ3n) is 17.8. The summed E-state index contributed by atoms with van der Waals surface area (Å²) in [6.45, 7) is -14.1. The lowest BCUT2D eigenvalue weighted by Gasteiger charge is -2.23. The van der Waals surface area contributed by atoms with E-state index in [1.807, 2.05) is 18.2 Å². The van der Waals surface area contributed by atoms with Gasteiger partial charge in [0, 0.05) is 52.6 Å². The molecule has 15 rings (SSSR count). The maximum absolute atomic E-state index is 13.9. The number of hydrazone groups is 3. The summed E-state index contributed by atoms with van der Waals surface area (Å²) in [6.07, 6.45) is 4.62. The van der Waals surface area contributed by atoms with Gasteiger partial charge in [-0.1, -0.05) is 164 Å². The lowest BCUT2D eigenvalue weighted by atomic mass is 9.92. The van der Waals surface area contributed by atoms with Crippen LogP contribution in [-0.4, -0.2) is 54.1 Å². The van der Waals surface area contributed by atoms with Crippen LogP contribution in [0.4, 0.5) is 0 Å². The van der Waals surface area contributed by atoms with Gasteiger partial charge in [0.25, 0.3) is 0 Å². The van der Waals surface area contributed by atoms with Gasteiger partial charge in [-0.3, -0.25) is 13.7 Å². The van der Waals surface area contributed by atoms with Gasteiger partial charge in [-0.05, 0) is 237 Å². The van der Waals surface area contributed by atoms with Crippen LogP contribution >= 0.6 is 60.8 Å². The number of benzene rings is 15. The predicted octanol–water partition coefficient (Wildman–Crippen LogP) is 21.3. The van der Waals surface area contributed by atoms with E-state index in [1.54, 1.807) is 113 Å². The second-order valence-corrected chi connectivity index (χ2v) is 36.5. The molecule has 0 amide bonds. The standard InChI is InChI=1S/C75H60Cl3N9O6P4S/c1-85(94(76,88)82-46-61-28-25-58-22-19-52-7-4-10-55-31-40-67(61)73(58)70(52)55)79-43-49-13-34-64(35-14-49)91-97(98,92-65-36-15-50(16-37-65)44-80-86(2)95(77,89)83-47-62-29-26-59-23-20-53-8-5-11-56-32-41-68(62)74(59)71(53)56)93-66-38-17-51(18-39-66)45-81-87(3)96(78,90)84-48-63-30-27-60-24-21-54-9-6-12-57-33-42-69(63)75(60)72(54)57/h4-45H,46-48H2,1-3H3,(H,82,88)(H,83,89)(H,84,90)/b79-43+,80-44+,81-45+. The van der Waals surface area contributed by atoms with E-state index < -0.39 is 27.1 Å². The summed E-state index contributed by atoms with van der Waals surface area (Å²) in [5.74, 6) is 0.978. The average molecular weight is 1450 g/mol. The van der Waals surface area contributed by atoms with Gasteiger partial charge in [0.2, 0.25) is 0 Å². The minimum Gasteiger partial charge on any atom is -0.407 e. The van der Waals surface area contributed by atoms with Crippen molar-refractivity contribution in [3.8, 4) is 17.2 Å². The third kappa shape index (κ3) is 13.2. The van der Waals surface area contributed by atoms with Gasteiger partial charge in [-0.25, -0.2) is 29.6 Å². The minimum atomic E-state index is -3.77. The van der Waals surface area contributed by atoms with Crippen molar-refractivity contribution in [2.24, 2.45) is 15.3 Å². The second-order valence-electron chi connectivity index (χ2n) is 23.9. The zero-order valence-corrected chi connectivity index (χ0v) is 59.5. The van der Waals surface area contributed by atoms with Gasteiger partial charge in [-0.2, -0.15) is 15.3 Å². The van der Waals surface area contributed by atoms with Crippen LogP contribution in [0.1, 0.15) is 33.4 Å². The van der Waals surface area contributed by atoms with E-state index in [9.17, 15) is 13.7 Å². The number of nitrogens with zero attached hydrogens (tertiary/aromatic N) is 6. The van der Waals surface area contributed by atoms with Gasteiger partial charge in [0.1, 0.15) is 17.2 Å². The van der Waals surface area contributed by atoms with E-state index >= 15 is 0 Å². The van der Waals surface area contributed by atoms with Crippen molar-refractivity contribution in [1.82, 2.24) is 29.6 Å². The van der Waals surface area contributed by atoms with Crippen molar-refractivity contribution in [3.63, 3.8) is 0 Å². The fourth-order valence-corrected chi connectivity index (χ4v) is 17.8. The highest BCUT2D eigenvalue weighted by Crippen LogP contribution is 2.54. The van der Waals surface area contributed by atoms with E-state index in [1.165, 1.54) is 30.5 Å². The van der Waals surface area contributed by atoms with Crippen molar-refractivity contribution in [1.29, 1.82) is 0 Å². The van der Waals surface area contributed by atoms with Gasteiger partial charge >= 0.3 is 27.1 Å². The molecule has 15 aromatic rings. The molecule has 488 valence electrons. The van der Waals surface area contributed by atoms with Crippen LogP contribution in [0.5, 0.6) is 17.2 Å². The van der Waals surface area contributed by atoms with E-state index in [4.69, 9.17) is 59.1 Å². The molecular weight excluding hydrogens is 1390 g/mol. The summed E-state index contributed by atoms with van der Waals surface area (Å²) in [4.78, 5) is 0. The first-order valence-electron chi connectivity index (χ1n) is 31.3. The Morgan fingerprint density at radius 3 is 0.816 bits per heavy atom.